The number of H-pyrrole nitrogens is 1. The van der Waals surface area contributed by atoms with E-state index in [1.807, 2.05) is 41.8 Å². The number of unbranched alkanes of at least 4 members (excludes halogenated alkanes) is 4. The van der Waals surface area contributed by atoms with Crippen LogP contribution in [0.15, 0.2) is 30.3 Å². The minimum absolute atomic E-state index is 0.0490. The number of rotatable bonds is 13. The molecular weight excluding hydrogens is 404 g/mol. The first-order valence-corrected chi connectivity index (χ1v) is 11.7. The molecule has 0 aliphatic carbocycles. The second kappa shape index (κ2) is 11.7. The highest BCUT2D eigenvalue weighted by Gasteiger charge is 2.16. The van der Waals surface area contributed by atoms with Gasteiger partial charge in [-0.1, -0.05) is 52.5 Å². The number of amides is 1. The van der Waals surface area contributed by atoms with Crippen molar-refractivity contribution < 1.29 is 9.53 Å². The summed E-state index contributed by atoms with van der Waals surface area (Å²) in [7, 11) is 0. The Bertz CT molecular complexity index is 993. The van der Waals surface area contributed by atoms with Gasteiger partial charge in [-0.05, 0) is 31.4 Å². The van der Waals surface area contributed by atoms with Gasteiger partial charge in [-0.25, -0.2) is 4.52 Å². The number of carbonyl (C=O) groups excluding carboxylic acids is 1. The molecule has 3 N–H and O–H groups in total. The average molecular weight is 441 g/mol. The number of nitrogens with zero attached hydrogens (tertiary/aromatic N) is 3. The molecule has 3 rings (SSSR count). The molecule has 0 bridgehead atoms. The largest absolute Gasteiger partial charge is 0.478 e. The number of hydrogen-bond donors (Lipinski definition) is 3. The van der Waals surface area contributed by atoms with Gasteiger partial charge < -0.3 is 10.1 Å². The van der Waals surface area contributed by atoms with Crippen LogP contribution < -0.4 is 15.4 Å². The fraction of sp³-hybridized carbons (Fsp3) is 0.542. The topological polar surface area (TPSA) is 96.3 Å². The SMILES string of the molecule is CCCCCCCC(=O)Nc1cccc(OCNC(C)c2nnc3cc(C(C)C)[nH]n23)c1. The summed E-state index contributed by atoms with van der Waals surface area (Å²) >= 11 is 0. The van der Waals surface area contributed by atoms with Crippen LogP contribution in [0.1, 0.15) is 89.7 Å². The monoisotopic (exact) mass is 440 g/mol. The van der Waals surface area contributed by atoms with Gasteiger partial charge in [0.15, 0.2) is 11.5 Å². The molecule has 2 aromatic heterocycles. The van der Waals surface area contributed by atoms with Crippen LogP contribution in [0.3, 0.4) is 0 Å². The predicted molar refractivity (Wildman–Crippen MR) is 127 cm³/mol. The van der Waals surface area contributed by atoms with Crippen molar-refractivity contribution in [2.24, 2.45) is 0 Å². The number of ether oxygens (including phenoxy) is 1. The molecule has 1 aromatic carbocycles. The fourth-order valence-electron chi connectivity index (χ4n) is 3.51. The van der Waals surface area contributed by atoms with E-state index in [2.05, 4.69) is 46.7 Å². The summed E-state index contributed by atoms with van der Waals surface area (Å²) in [5, 5.41) is 18.2. The van der Waals surface area contributed by atoms with Crippen LogP contribution >= 0.6 is 0 Å². The van der Waals surface area contributed by atoms with Gasteiger partial charge in [-0.2, -0.15) is 0 Å². The maximum atomic E-state index is 12.2. The Morgan fingerprint density at radius 2 is 1.94 bits per heavy atom. The first-order valence-electron chi connectivity index (χ1n) is 11.7. The van der Waals surface area contributed by atoms with Crippen LogP contribution in [0.25, 0.3) is 5.65 Å². The van der Waals surface area contributed by atoms with Gasteiger partial charge in [-0.15, -0.1) is 10.2 Å². The Labute approximate surface area is 190 Å². The van der Waals surface area contributed by atoms with E-state index < -0.39 is 0 Å². The van der Waals surface area contributed by atoms with Crippen molar-refractivity contribution in [3.05, 3.63) is 41.9 Å². The van der Waals surface area contributed by atoms with E-state index in [0.717, 1.165) is 35.7 Å². The number of hydrogen-bond acceptors (Lipinski definition) is 5. The van der Waals surface area contributed by atoms with Gasteiger partial charge in [0, 0.05) is 29.9 Å². The lowest BCUT2D eigenvalue weighted by molar-refractivity contribution is -0.116. The number of nitrogens with one attached hydrogen (secondary N) is 3. The van der Waals surface area contributed by atoms with Crippen molar-refractivity contribution in [1.29, 1.82) is 0 Å². The fourth-order valence-corrected chi connectivity index (χ4v) is 3.51. The van der Waals surface area contributed by atoms with Gasteiger partial charge in [0.1, 0.15) is 12.5 Å². The molecule has 2 heterocycles. The third-order valence-corrected chi connectivity index (χ3v) is 5.50. The highest BCUT2D eigenvalue weighted by molar-refractivity contribution is 5.90. The lowest BCUT2D eigenvalue weighted by Gasteiger charge is -2.14. The zero-order valence-corrected chi connectivity index (χ0v) is 19.6. The van der Waals surface area contributed by atoms with Gasteiger partial charge in [-0.3, -0.25) is 15.2 Å². The van der Waals surface area contributed by atoms with E-state index in [4.69, 9.17) is 4.74 Å². The highest BCUT2D eigenvalue weighted by atomic mass is 16.5. The van der Waals surface area contributed by atoms with Crippen LogP contribution in [0.4, 0.5) is 5.69 Å². The minimum atomic E-state index is -0.0562. The molecule has 0 saturated heterocycles. The van der Waals surface area contributed by atoms with Crippen molar-refractivity contribution in [3.8, 4) is 5.75 Å². The van der Waals surface area contributed by atoms with Crippen molar-refractivity contribution in [2.75, 3.05) is 12.0 Å². The Morgan fingerprint density at radius 1 is 1.12 bits per heavy atom. The number of fused-ring (bicyclic) bond motifs is 1. The first-order chi connectivity index (χ1) is 15.5. The molecule has 0 aliphatic rings. The zero-order chi connectivity index (χ0) is 22.9. The molecule has 0 aliphatic heterocycles. The summed E-state index contributed by atoms with van der Waals surface area (Å²) in [4.78, 5) is 12.2. The smallest absolute Gasteiger partial charge is 0.224 e. The Morgan fingerprint density at radius 3 is 2.72 bits per heavy atom. The molecule has 174 valence electrons. The number of aromatic amines is 1. The lowest BCUT2D eigenvalue weighted by atomic mass is 10.1. The standard InChI is InChI=1S/C24H36N6O2/c1-5-6-7-8-9-13-23(31)26-19-11-10-12-20(14-19)32-16-25-18(4)24-28-27-22-15-21(17(2)3)29-30(22)24/h10-12,14-15,17-18,25,29H,5-9,13,16H2,1-4H3,(H,26,31). The van der Waals surface area contributed by atoms with Crippen molar-refractivity contribution >= 4 is 17.2 Å². The summed E-state index contributed by atoms with van der Waals surface area (Å²) in [6.07, 6.45) is 6.23. The summed E-state index contributed by atoms with van der Waals surface area (Å²) < 4.78 is 7.76. The Balaban J connectivity index is 1.46. The average Bonchev–Trinajstić information content (AvgIpc) is 3.35. The molecule has 1 unspecified atom stereocenters. The molecular formula is C24H36N6O2. The molecule has 1 amide bonds. The van der Waals surface area contributed by atoms with Crippen molar-refractivity contribution in [1.82, 2.24) is 25.1 Å². The molecule has 8 heteroatoms. The number of anilines is 1. The van der Waals surface area contributed by atoms with E-state index >= 15 is 0 Å². The molecule has 0 radical (unpaired) electrons. The van der Waals surface area contributed by atoms with E-state index in [9.17, 15) is 4.79 Å². The molecule has 3 aromatic rings. The van der Waals surface area contributed by atoms with Crippen LogP contribution in [0.5, 0.6) is 5.75 Å². The predicted octanol–water partition coefficient (Wildman–Crippen LogP) is 5.17. The van der Waals surface area contributed by atoms with Gasteiger partial charge >= 0.3 is 0 Å². The van der Waals surface area contributed by atoms with Crippen LogP contribution in [-0.4, -0.2) is 32.4 Å². The quantitative estimate of drug-likeness (QED) is 0.252. The number of carbonyl (C=O) groups is 1. The third kappa shape index (κ3) is 6.56. The molecule has 32 heavy (non-hydrogen) atoms. The summed E-state index contributed by atoms with van der Waals surface area (Å²) in [6, 6.07) is 9.44. The lowest BCUT2D eigenvalue weighted by Crippen LogP contribution is -2.25. The van der Waals surface area contributed by atoms with E-state index in [-0.39, 0.29) is 11.9 Å². The van der Waals surface area contributed by atoms with Gasteiger partial charge in [0.05, 0.1) is 6.04 Å². The number of benzene rings is 1. The van der Waals surface area contributed by atoms with Crippen molar-refractivity contribution in [3.63, 3.8) is 0 Å². The van der Waals surface area contributed by atoms with E-state index in [0.29, 0.717) is 24.8 Å². The van der Waals surface area contributed by atoms with Crippen molar-refractivity contribution in [2.45, 2.75) is 78.2 Å². The van der Waals surface area contributed by atoms with Gasteiger partial charge in [0.25, 0.3) is 0 Å². The second-order valence-corrected chi connectivity index (χ2v) is 8.57. The molecule has 0 fully saturated rings. The second-order valence-electron chi connectivity index (χ2n) is 8.57. The number of aromatic nitrogens is 4. The van der Waals surface area contributed by atoms with Crippen LogP contribution in [-0.2, 0) is 4.79 Å². The van der Waals surface area contributed by atoms with Crippen LogP contribution in [0, 0.1) is 0 Å². The van der Waals surface area contributed by atoms with Crippen LogP contribution in [0.2, 0.25) is 0 Å². The summed E-state index contributed by atoms with van der Waals surface area (Å²) in [5.74, 6) is 1.94. The highest BCUT2D eigenvalue weighted by Crippen LogP contribution is 2.19. The molecule has 8 nitrogen and oxygen atoms in total. The maximum absolute atomic E-state index is 12.2. The third-order valence-electron chi connectivity index (χ3n) is 5.50. The summed E-state index contributed by atoms with van der Waals surface area (Å²) in [5.41, 5.74) is 2.69. The van der Waals surface area contributed by atoms with Gasteiger partial charge in [0.2, 0.25) is 5.91 Å². The molecule has 1 atom stereocenters. The first kappa shape index (κ1) is 23.8. The molecule has 0 saturated carbocycles. The Hall–Kier alpha value is -2.87. The minimum Gasteiger partial charge on any atom is -0.478 e. The molecule has 0 spiro atoms. The summed E-state index contributed by atoms with van der Waals surface area (Å²) in [6.45, 7) is 8.79. The zero-order valence-electron chi connectivity index (χ0n) is 19.6. The normalized spacial score (nSPS) is 12.4. The van der Waals surface area contributed by atoms with E-state index in [1.165, 1.54) is 19.3 Å². The van der Waals surface area contributed by atoms with E-state index in [1.54, 1.807) is 0 Å². The Kier molecular flexibility index (Phi) is 8.67. The maximum Gasteiger partial charge on any atom is 0.224 e.